The number of rotatable bonds is 4. The van der Waals surface area contributed by atoms with E-state index in [1.54, 1.807) is 0 Å². The molecule has 6 heteroatoms. The molecule has 0 unspecified atom stereocenters. The van der Waals surface area contributed by atoms with Gasteiger partial charge in [0.15, 0.2) is 0 Å². The number of para-hydroxylation sites is 2. The second-order valence-corrected chi connectivity index (χ2v) is 26.3. The molecule has 3 nitrogen and oxygen atoms in total. The van der Waals surface area contributed by atoms with Crippen LogP contribution in [-0.2, 0) is 21.7 Å². The van der Waals surface area contributed by atoms with E-state index in [4.69, 9.17) is 0 Å². The van der Waals surface area contributed by atoms with Gasteiger partial charge in [0.2, 0.25) is 0 Å². The summed E-state index contributed by atoms with van der Waals surface area (Å²) in [7, 11) is 0. The van der Waals surface area contributed by atoms with E-state index in [2.05, 4.69) is 242 Å². The molecule has 0 bridgehead atoms. The Morgan fingerprint density at radius 1 is 0.507 bits per heavy atom. The number of aryl methyl sites for hydroxylation is 1. The standard InChI is InChI=1S/C65H62BN3S2/c1-39-30-49-50(65(10,11)29-28-64(49,8)9)37-53(39)69-54-38-59-58(70-56-24-18-19-25-57(56)71-59)36-46(54)47-34-44(67(42-20-14-12-15-21-42)43-22-16-13-17-23-43)35-55-60(47)66(69)51-33-41(63(5,6)7)32-48-45-31-40(62(2,3)4)26-27-52(45)68(55)61(48)51/h12-27,30-38H,28-29H2,1-11H3. The number of anilines is 5. The minimum atomic E-state index is -0.116. The van der Waals surface area contributed by atoms with Crippen LogP contribution in [0.1, 0.15) is 110 Å². The Morgan fingerprint density at radius 2 is 1.08 bits per heavy atom. The minimum absolute atomic E-state index is 0.0115. The highest BCUT2D eigenvalue weighted by molar-refractivity contribution is 8.05. The van der Waals surface area contributed by atoms with E-state index in [1.165, 1.54) is 115 Å². The lowest BCUT2D eigenvalue weighted by molar-refractivity contribution is 0.332. The van der Waals surface area contributed by atoms with Crippen molar-refractivity contribution in [2.45, 2.75) is 130 Å². The molecule has 0 amide bonds. The van der Waals surface area contributed by atoms with Gasteiger partial charge in [-0.15, -0.1) is 0 Å². The fourth-order valence-corrected chi connectivity index (χ4v) is 14.6. The van der Waals surface area contributed by atoms with E-state index >= 15 is 0 Å². The minimum Gasteiger partial charge on any atom is -0.376 e. The van der Waals surface area contributed by atoms with Crippen molar-refractivity contribution < 1.29 is 0 Å². The average molecular weight is 960 g/mol. The van der Waals surface area contributed by atoms with Crippen LogP contribution in [0.3, 0.4) is 0 Å². The van der Waals surface area contributed by atoms with Crippen LogP contribution in [-0.4, -0.2) is 11.4 Å². The van der Waals surface area contributed by atoms with Crippen molar-refractivity contribution in [2.24, 2.45) is 0 Å². The van der Waals surface area contributed by atoms with Crippen LogP contribution in [0.2, 0.25) is 0 Å². The summed E-state index contributed by atoms with van der Waals surface area (Å²) < 4.78 is 2.67. The topological polar surface area (TPSA) is 11.4 Å². The Kier molecular flexibility index (Phi) is 9.77. The Morgan fingerprint density at radius 3 is 1.70 bits per heavy atom. The maximum absolute atomic E-state index is 2.81. The third-order valence-electron chi connectivity index (χ3n) is 16.4. The van der Waals surface area contributed by atoms with E-state index in [0.29, 0.717) is 0 Å². The van der Waals surface area contributed by atoms with Crippen molar-refractivity contribution in [3.63, 3.8) is 0 Å². The zero-order valence-corrected chi connectivity index (χ0v) is 44.7. The molecule has 71 heavy (non-hydrogen) atoms. The fourth-order valence-electron chi connectivity index (χ4n) is 12.4. The van der Waals surface area contributed by atoms with Crippen molar-refractivity contribution in [2.75, 3.05) is 9.71 Å². The number of fused-ring (bicyclic) bond motifs is 10. The van der Waals surface area contributed by atoms with Crippen LogP contribution in [0.4, 0.5) is 28.4 Å². The molecule has 0 N–H and O–H groups in total. The molecule has 0 radical (unpaired) electrons. The molecule has 3 aliphatic heterocycles. The maximum atomic E-state index is 2.81. The van der Waals surface area contributed by atoms with E-state index in [1.807, 2.05) is 23.5 Å². The van der Waals surface area contributed by atoms with Gasteiger partial charge in [-0.05, 0) is 171 Å². The van der Waals surface area contributed by atoms with Crippen molar-refractivity contribution in [3.8, 4) is 16.8 Å². The van der Waals surface area contributed by atoms with Gasteiger partial charge in [-0.3, -0.25) is 0 Å². The zero-order chi connectivity index (χ0) is 49.1. The van der Waals surface area contributed by atoms with Gasteiger partial charge in [-0.2, -0.15) is 0 Å². The predicted octanol–water partition coefficient (Wildman–Crippen LogP) is 17.4. The molecule has 0 saturated carbocycles. The zero-order valence-electron chi connectivity index (χ0n) is 43.1. The first-order valence-electron chi connectivity index (χ1n) is 25.7. The number of nitrogens with zero attached hydrogens (tertiary/aromatic N) is 3. The molecule has 4 aliphatic rings. The van der Waals surface area contributed by atoms with Crippen LogP contribution in [0.5, 0.6) is 0 Å². The van der Waals surface area contributed by atoms with Gasteiger partial charge in [0.25, 0.3) is 0 Å². The van der Waals surface area contributed by atoms with Gasteiger partial charge in [0.1, 0.15) is 0 Å². The van der Waals surface area contributed by atoms with Crippen molar-refractivity contribution in [1.82, 2.24) is 4.57 Å². The first-order chi connectivity index (χ1) is 33.9. The number of benzene rings is 8. The fraction of sp³-hybridized carbons (Fsp3) is 0.262. The first-order valence-corrected chi connectivity index (χ1v) is 27.3. The van der Waals surface area contributed by atoms with Crippen LogP contribution in [0, 0.1) is 6.92 Å². The molecule has 352 valence electrons. The summed E-state index contributed by atoms with van der Waals surface area (Å²) in [6, 6.07) is 58.7. The average Bonchev–Trinajstić information content (AvgIpc) is 3.67. The predicted molar refractivity (Wildman–Crippen MR) is 307 cm³/mol. The SMILES string of the molecule is Cc1cc2c(cc1N1B3c4c(cc(N(c5ccccc5)c5ccccc5)cc4-n4c5ccc(C(C)(C)C)cc5c5cc(C(C)(C)C)cc3c54)-c3cc4c(cc31)Sc1ccccc1S4)C(C)(C)CCC2(C)C. The molecule has 0 spiro atoms. The van der Waals surface area contributed by atoms with E-state index < -0.39 is 0 Å². The Balaban J connectivity index is 1.21. The molecular weight excluding hydrogens is 898 g/mol. The number of hydrogen-bond donors (Lipinski definition) is 0. The lowest BCUT2D eigenvalue weighted by Crippen LogP contribution is -2.61. The lowest BCUT2D eigenvalue weighted by atomic mass is 9.43. The van der Waals surface area contributed by atoms with Crippen LogP contribution < -0.4 is 20.6 Å². The van der Waals surface area contributed by atoms with E-state index in [0.717, 1.165) is 23.5 Å². The summed E-state index contributed by atoms with van der Waals surface area (Å²) in [4.78, 5) is 10.6. The van der Waals surface area contributed by atoms with Gasteiger partial charge in [0.05, 0.1) is 11.0 Å². The summed E-state index contributed by atoms with van der Waals surface area (Å²) >= 11 is 3.84. The molecule has 1 aliphatic carbocycles. The summed E-state index contributed by atoms with van der Waals surface area (Å²) in [6.45, 7) is 26.4. The van der Waals surface area contributed by atoms with Gasteiger partial charge in [-0.25, -0.2) is 0 Å². The normalized spacial score (nSPS) is 16.0. The quantitative estimate of drug-likeness (QED) is 0.163. The molecule has 9 aromatic rings. The third-order valence-corrected chi connectivity index (χ3v) is 19.0. The summed E-state index contributed by atoms with van der Waals surface area (Å²) in [5.74, 6) is 0. The van der Waals surface area contributed by atoms with Gasteiger partial charge >= 0.3 is 6.85 Å². The molecule has 0 atom stereocenters. The molecule has 1 aromatic heterocycles. The monoisotopic (exact) mass is 959 g/mol. The van der Waals surface area contributed by atoms with Crippen molar-refractivity contribution in [3.05, 3.63) is 179 Å². The van der Waals surface area contributed by atoms with Crippen molar-refractivity contribution >= 4 is 91.5 Å². The Bertz CT molecular complexity index is 3660. The smallest absolute Gasteiger partial charge is 0.333 e. The van der Waals surface area contributed by atoms with Crippen LogP contribution >= 0.6 is 23.5 Å². The maximum Gasteiger partial charge on any atom is 0.333 e. The van der Waals surface area contributed by atoms with Crippen LogP contribution in [0.25, 0.3) is 38.6 Å². The second kappa shape index (κ2) is 15.5. The first kappa shape index (κ1) is 44.8. The molecule has 4 heterocycles. The summed E-state index contributed by atoms with van der Waals surface area (Å²) in [5, 5.41) is 2.65. The van der Waals surface area contributed by atoms with Gasteiger partial charge in [0, 0.05) is 70.0 Å². The third kappa shape index (κ3) is 6.87. The summed E-state index contributed by atoms with van der Waals surface area (Å²) in [5.41, 5.74) is 22.2. The van der Waals surface area contributed by atoms with E-state index in [-0.39, 0.29) is 28.5 Å². The van der Waals surface area contributed by atoms with Gasteiger partial charge < -0.3 is 14.3 Å². The Labute approximate surface area is 429 Å². The molecular formula is C65H62BN3S2. The number of aromatic nitrogens is 1. The molecule has 0 fully saturated rings. The molecule has 13 rings (SSSR count). The second-order valence-electron chi connectivity index (χ2n) is 24.2. The van der Waals surface area contributed by atoms with Crippen molar-refractivity contribution in [1.29, 1.82) is 0 Å². The van der Waals surface area contributed by atoms with Gasteiger partial charge in [-0.1, -0.05) is 159 Å². The lowest BCUT2D eigenvalue weighted by Gasteiger charge is -2.46. The highest BCUT2D eigenvalue weighted by Gasteiger charge is 2.47. The van der Waals surface area contributed by atoms with E-state index in [9.17, 15) is 0 Å². The summed E-state index contributed by atoms with van der Waals surface area (Å²) in [6.07, 6.45) is 2.35. The largest absolute Gasteiger partial charge is 0.376 e. The number of hydrogen-bond acceptors (Lipinski definition) is 4. The molecule has 0 saturated heterocycles. The Hall–Kier alpha value is -6.08. The highest BCUT2D eigenvalue weighted by Crippen LogP contribution is 2.56. The van der Waals surface area contributed by atoms with Crippen LogP contribution in [0.15, 0.2) is 171 Å². The molecule has 8 aromatic carbocycles. The highest BCUT2D eigenvalue weighted by atomic mass is 32.2.